The molecule has 0 aliphatic carbocycles. The highest BCUT2D eigenvalue weighted by molar-refractivity contribution is 5.83. The zero-order chi connectivity index (χ0) is 14.4. The number of rotatable bonds is 5. The van der Waals surface area contributed by atoms with Crippen molar-refractivity contribution in [2.24, 2.45) is 0 Å². The average Bonchev–Trinajstić information content (AvgIpc) is 2.53. The van der Waals surface area contributed by atoms with Crippen LogP contribution in [0.15, 0.2) is 30.3 Å². The van der Waals surface area contributed by atoms with Crippen molar-refractivity contribution in [3.8, 4) is 0 Å². The van der Waals surface area contributed by atoms with Gasteiger partial charge in [-0.2, -0.15) is 0 Å². The number of nitrogens with one attached hydrogen (secondary N) is 1. The van der Waals surface area contributed by atoms with Crippen LogP contribution in [0.2, 0.25) is 0 Å². The predicted molar refractivity (Wildman–Crippen MR) is 76.5 cm³/mol. The minimum Gasteiger partial charge on any atom is -0.467 e. The summed E-state index contributed by atoms with van der Waals surface area (Å²) in [5.74, 6) is -0.266. The third kappa shape index (κ3) is 3.00. The van der Waals surface area contributed by atoms with E-state index in [1.807, 2.05) is 30.3 Å². The molecule has 1 aliphatic heterocycles. The maximum absolute atomic E-state index is 12.4. The Kier molecular flexibility index (Phi) is 5.11. The fourth-order valence-electron chi connectivity index (χ4n) is 2.59. The molecular formula is C15H22N2O3. The molecule has 2 rings (SSSR count). The van der Waals surface area contributed by atoms with Gasteiger partial charge in [-0.05, 0) is 12.6 Å². The summed E-state index contributed by atoms with van der Waals surface area (Å²) in [5, 5.41) is 3.17. The number of esters is 1. The molecule has 1 aromatic carbocycles. The summed E-state index contributed by atoms with van der Waals surface area (Å²) in [6.45, 7) is 3.63. The number of benzene rings is 1. The second kappa shape index (κ2) is 6.83. The maximum atomic E-state index is 12.4. The molecule has 1 aliphatic rings. The van der Waals surface area contributed by atoms with Gasteiger partial charge in [0.2, 0.25) is 0 Å². The van der Waals surface area contributed by atoms with Crippen LogP contribution >= 0.6 is 0 Å². The first-order valence-corrected chi connectivity index (χ1v) is 6.86. The van der Waals surface area contributed by atoms with Crippen molar-refractivity contribution in [1.82, 2.24) is 10.2 Å². The first kappa shape index (κ1) is 15.0. The van der Waals surface area contributed by atoms with Crippen LogP contribution in [0.3, 0.4) is 0 Å². The Morgan fingerprint density at radius 2 is 2.00 bits per heavy atom. The van der Waals surface area contributed by atoms with Crippen LogP contribution in [0.25, 0.3) is 0 Å². The van der Waals surface area contributed by atoms with E-state index in [1.165, 1.54) is 7.11 Å². The lowest BCUT2D eigenvalue weighted by Gasteiger charge is -2.37. The number of hydrogen-bond donors (Lipinski definition) is 1. The molecule has 0 radical (unpaired) electrons. The number of likely N-dealkylation sites (N-methyl/N-ethyl adjacent to an activating group) is 1. The molecule has 0 amide bonds. The van der Waals surface area contributed by atoms with E-state index >= 15 is 0 Å². The lowest BCUT2D eigenvalue weighted by molar-refractivity contribution is -0.150. The highest BCUT2D eigenvalue weighted by atomic mass is 16.5. The van der Waals surface area contributed by atoms with Crippen LogP contribution in [-0.2, 0) is 19.8 Å². The van der Waals surface area contributed by atoms with E-state index in [9.17, 15) is 4.79 Å². The first-order valence-electron chi connectivity index (χ1n) is 6.86. The third-order valence-corrected chi connectivity index (χ3v) is 3.79. The molecule has 5 heteroatoms. The standard InChI is InChI=1S/C15H22N2O3/c1-16-15(14(18)19-2,13-6-4-3-5-7-13)12-17-8-10-20-11-9-17/h3-7,16H,8-12H2,1-2H3. The van der Waals surface area contributed by atoms with Crippen molar-refractivity contribution in [2.45, 2.75) is 5.54 Å². The summed E-state index contributed by atoms with van der Waals surface area (Å²) in [6.07, 6.45) is 0. The van der Waals surface area contributed by atoms with E-state index in [2.05, 4.69) is 10.2 Å². The molecule has 0 aromatic heterocycles. The average molecular weight is 278 g/mol. The number of nitrogens with zero attached hydrogens (tertiary/aromatic N) is 1. The van der Waals surface area contributed by atoms with E-state index in [-0.39, 0.29) is 5.97 Å². The van der Waals surface area contributed by atoms with Crippen LogP contribution in [0.5, 0.6) is 0 Å². The monoisotopic (exact) mass is 278 g/mol. The number of carbonyl (C=O) groups excluding carboxylic acids is 1. The molecule has 110 valence electrons. The van der Waals surface area contributed by atoms with Crippen molar-refractivity contribution in [3.63, 3.8) is 0 Å². The number of morpholine rings is 1. The van der Waals surface area contributed by atoms with Gasteiger partial charge in [0.15, 0.2) is 5.54 Å². The second-order valence-electron chi connectivity index (χ2n) is 4.90. The normalized spacial score (nSPS) is 19.3. The van der Waals surface area contributed by atoms with Gasteiger partial charge in [-0.3, -0.25) is 4.90 Å². The maximum Gasteiger partial charge on any atom is 0.332 e. The van der Waals surface area contributed by atoms with E-state index in [0.29, 0.717) is 19.8 Å². The Balaban J connectivity index is 2.29. The Morgan fingerprint density at radius 1 is 1.35 bits per heavy atom. The number of ether oxygens (including phenoxy) is 2. The van der Waals surface area contributed by atoms with Crippen molar-refractivity contribution >= 4 is 5.97 Å². The number of hydrogen-bond acceptors (Lipinski definition) is 5. The molecule has 1 N–H and O–H groups in total. The molecule has 1 unspecified atom stereocenters. The predicted octanol–water partition coefficient (Wildman–Crippen LogP) is 0.607. The Bertz CT molecular complexity index is 432. The highest BCUT2D eigenvalue weighted by Gasteiger charge is 2.41. The fraction of sp³-hybridized carbons (Fsp3) is 0.533. The van der Waals surface area contributed by atoms with Gasteiger partial charge in [-0.15, -0.1) is 0 Å². The molecule has 1 heterocycles. The van der Waals surface area contributed by atoms with Gasteiger partial charge in [-0.1, -0.05) is 30.3 Å². The molecule has 0 spiro atoms. The summed E-state index contributed by atoms with van der Waals surface area (Å²) in [7, 11) is 3.22. The van der Waals surface area contributed by atoms with Crippen LogP contribution in [-0.4, -0.2) is 57.9 Å². The van der Waals surface area contributed by atoms with Crippen molar-refractivity contribution in [2.75, 3.05) is 47.0 Å². The summed E-state index contributed by atoms with van der Waals surface area (Å²) >= 11 is 0. The Morgan fingerprint density at radius 3 is 2.55 bits per heavy atom. The number of carbonyl (C=O) groups is 1. The second-order valence-corrected chi connectivity index (χ2v) is 4.90. The topological polar surface area (TPSA) is 50.8 Å². The Labute approximate surface area is 119 Å². The lowest BCUT2D eigenvalue weighted by Crippen LogP contribution is -2.57. The van der Waals surface area contributed by atoms with Crippen molar-refractivity contribution in [1.29, 1.82) is 0 Å². The fourth-order valence-corrected chi connectivity index (χ4v) is 2.59. The van der Waals surface area contributed by atoms with E-state index in [1.54, 1.807) is 7.05 Å². The summed E-state index contributed by atoms with van der Waals surface area (Å²) in [4.78, 5) is 14.6. The van der Waals surface area contributed by atoms with Gasteiger partial charge in [0.1, 0.15) is 0 Å². The van der Waals surface area contributed by atoms with Gasteiger partial charge in [0.25, 0.3) is 0 Å². The Hall–Kier alpha value is -1.43. The van der Waals surface area contributed by atoms with Crippen molar-refractivity contribution < 1.29 is 14.3 Å². The largest absolute Gasteiger partial charge is 0.467 e. The SMILES string of the molecule is CNC(CN1CCOCC1)(C(=O)OC)c1ccccc1. The first-order chi connectivity index (χ1) is 9.73. The summed E-state index contributed by atoms with van der Waals surface area (Å²) < 4.78 is 10.4. The smallest absolute Gasteiger partial charge is 0.332 e. The van der Waals surface area contributed by atoms with Crippen molar-refractivity contribution in [3.05, 3.63) is 35.9 Å². The molecule has 1 atom stereocenters. The molecule has 20 heavy (non-hydrogen) atoms. The lowest BCUT2D eigenvalue weighted by atomic mass is 9.89. The summed E-state index contributed by atoms with van der Waals surface area (Å²) in [5.41, 5.74) is 0.0775. The zero-order valence-corrected chi connectivity index (χ0v) is 12.1. The number of methoxy groups -OCH3 is 1. The quantitative estimate of drug-likeness (QED) is 0.800. The van der Waals surface area contributed by atoms with Crippen LogP contribution < -0.4 is 5.32 Å². The molecule has 0 saturated carbocycles. The third-order valence-electron chi connectivity index (χ3n) is 3.79. The molecule has 1 aromatic rings. The van der Waals surface area contributed by atoms with Crippen LogP contribution in [0.1, 0.15) is 5.56 Å². The minimum atomic E-state index is -0.840. The van der Waals surface area contributed by atoms with E-state index < -0.39 is 5.54 Å². The molecular weight excluding hydrogens is 256 g/mol. The zero-order valence-electron chi connectivity index (χ0n) is 12.1. The van der Waals surface area contributed by atoms with Gasteiger partial charge in [-0.25, -0.2) is 4.79 Å². The van der Waals surface area contributed by atoms with E-state index in [4.69, 9.17) is 9.47 Å². The van der Waals surface area contributed by atoms with E-state index in [0.717, 1.165) is 18.7 Å². The molecule has 1 saturated heterocycles. The summed E-state index contributed by atoms with van der Waals surface area (Å²) in [6, 6.07) is 9.71. The van der Waals surface area contributed by atoms with Gasteiger partial charge >= 0.3 is 5.97 Å². The van der Waals surface area contributed by atoms with Crippen LogP contribution in [0, 0.1) is 0 Å². The minimum absolute atomic E-state index is 0.266. The molecule has 0 bridgehead atoms. The van der Waals surface area contributed by atoms with Gasteiger partial charge in [0, 0.05) is 19.6 Å². The molecule has 5 nitrogen and oxygen atoms in total. The van der Waals surface area contributed by atoms with Gasteiger partial charge < -0.3 is 14.8 Å². The van der Waals surface area contributed by atoms with Crippen LogP contribution in [0.4, 0.5) is 0 Å². The molecule has 1 fully saturated rings. The van der Waals surface area contributed by atoms with Gasteiger partial charge in [0.05, 0.1) is 20.3 Å². The highest BCUT2D eigenvalue weighted by Crippen LogP contribution is 2.24.